The lowest BCUT2D eigenvalue weighted by atomic mass is 10.3. The number of aromatic nitrogens is 4. The summed E-state index contributed by atoms with van der Waals surface area (Å²) in [6.45, 7) is 1.78. The summed E-state index contributed by atoms with van der Waals surface area (Å²) in [5.74, 6) is -0.156. The van der Waals surface area contributed by atoms with Crippen LogP contribution in [-0.4, -0.2) is 25.9 Å². The Morgan fingerprint density at radius 1 is 1.69 bits per heavy atom. The molecule has 0 spiro atoms. The molecule has 84 valence electrons. The van der Waals surface area contributed by atoms with Gasteiger partial charge in [0, 0.05) is 6.20 Å². The molecule has 0 aliphatic rings. The molecule has 0 fully saturated rings. The summed E-state index contributed by atoms with van der Waals surface area (Å²) in [4.78, 5) is 11.8. The van der Waals surface area contributed by atoms with E-state index in [1.54, 1.807) is 23.3 Å². The zero-order valence-electron chi connectivity index (χ0n) is 8.29. The highest BCUT2D eigenvalue weighted by Crippen LogP contribution is 2.13. The van der Waals surface area contributed by atoms with E-state index in [9.17, 15) is 4.79 Å². The Kier molecular flexibility index (Phi) is 3.49. The minimum absolute atomic E-state index is 0.156. The number of amides is 1. The van der Waals surface area contributed by atoms with E-state index >= 15 is 0 Å². The van der Waals surface area contributed by atoms with Gasteiger partial charge in [0.1, 0.15) is 11.6 Å². The Hall–Kier alpha value is -1.03. The van der Waals surface area contributed by atoms with Gasteiger partial charge in [0.25, 0.3) is 5.91 Å². The van der Waals surface area contributed by atoms with E-state index in [0.29, 0.717) is 5.13 Å². The Bertz CT molecular complexity index is 482. The van der Waals surface area contributed by atoms with Gasteiger partial charge >= 0.3 is 0 Å². The van der Waals surface area contributed by atoms with Gasteiger partial charge in [-0.15, -0.1) is 10.2 Å². The van der Waals surface area contributed by atoms with E-state index < -0.39 is 0 Å². The number of carbonyl (C=O) groups excluding carboxylic acids is 1. The summed E-state index contributed by atoms with van der Waals surface area (Å²) >= 11 is 3.43. The van der Waals surface area contributed by atoms with Crippen LogP contribution in [0.5, 0.6) is 0 Å². The van der Waals surface area contributed by atoms with Crippen LogP contribution in [0, 0.1) is 3.57 Å². The molecule has 1 N–H and O–H groups in total. The number of halogens is 1. The van der Waals surface area contributed by atoms with Crippen molar-refractivity contribution in [3.05, 3.63) is 21.5 Å². The van der Waals surface area contributed by atoms with E-state index in [4.69, 9.17) is 0 Å². The molecule has 16 heavy (non-hydrogen) atoms. The van der Waals surface area contributed by atoms with Crippen molar-refractivity contribution in [1.82, 2.24) is 20.0 Å². The molecular weight excluding hydrogens is 341 g/mol. The number of nitrogens with zero attached hydrogens (tertiary/aromatic N) is 4. The van der Waals surface area contributed by atoms with E-state index in [1.165, 1.54) is 11.3 Å². The first kappa shape index (κ1) is 11.5. The molecule has 6 nitrogen and oxygen atoms in total. The molecule has 0 bridgehead atoms. The average Bonchev–Trinajstić information content (AvgIpc) is 2.88. The molecule has 2 heterocycles. The maximum absolute atomic E-state index is 11.8. The molecule has 1 amide bonds. The number of anilines is 1. The van der Waals surface area contributed by atoms with Crippen LogP contribution in [0.4, 0.5) is 5.13 Å². The van der Waals surface area contributed by atoms with Crippen LogP contribution in [0.1, 0.15) is 13.0 Å². The van der Waals surface area contributed by atoms with E-state index in [1.807, 2.05) is 6.20 Å². The lowest BCUT2D eigenvalue weighted by molar-refractivity contribution is -0.119. The summed E-state index contributed by atoms with van der Waals surface area (Å²) < 4.78 is 2.60. The Balaban J connectivity index is 2.05. The molecule has 8 heteroatoms. The Labute approximate surface area is 109 Å². The quantitative estimate of drug-likeness (QED) is 0.854. The molecule has 2 aromatic heterocycles. The summed E-state index contributed by atoms with van der Waals surface area (Å²) in [6, 6.07) is -0.368. The monoisotopic (exact) mass is 349 g/mol. The number of hydrogen-bond donors (Lipinski definition) is 1. The zero-order valence-corrected chi connectivity index (χ0v) is 11.3. The van der Waals surface area contributed by atoms with Crippen LogP contribution in [0.25, 0.3) is 0 Å². The fourth-order valence-electron chi connectivity index (χ4n) is 1.08. The van der Waals surface area contributed by atoms with E-state index in [0.717, 1.165) is 3.57 Å². The number of carbonyl (C=O) groups is 1. The van der Waals surface area contributed by atoms with Crippen molar-refractivity contribution < 1.29 is 4.79 Å². The molecular formula is C8H8IN5OS. The van der Waals surface area contributed by atoms with Crippen molar-refractivity contribution in [2.45, 2.75) is 13.0 Å². The summed E-state index contributed by atoms with van der Waals surface area (Å²) in [7, 11) is 0. The molecule has 0 aliphatic carbocycles. The SMILES string of the molecule is CC(C(=O)Nc1nncs1)n1cc(I)cn1. The predicted molar refractivity (Wildman–Crippen MR) is 68.2 cm³/mol. The minimum atomic E-state index is -0.368. The van der Waals surface area contributed by atoms with Crippen molar-refractivity contribution in [3.8, 4) is 0 Å². The smallest absolute Gasteiger partial charge is 0.250 e. The molecule has 0 saturated carbocycles. The number of nitrogens with one attached hydrogen (secondary N) is 1. The summed E-state index contributed by atoms with van der Waals surface area (Å²) in [5.41, 5.74) is 1.57. The normalized spacial score (nSPS) is 12.4. The van der Waals surface area contributed by atoms with Crippen molar-refractivity contribution in [2.24, 2.45) is 0 Å². The first-order valence-electron chi connectivity index (χ1n) is 4.43. The van der Waals surface area contributed by atoms with Gasteiger partial charge in [-0.3, -0.25) is 14.8 Å². The van der Waals surface area contributed by atoms with Crippen molar-refractivity contribution >= 4 is 45.0 Å². The van der Waals surface area contributed by atoms with Crippen LogP contribution in [0.15, 0.2) is 17.9 Å². The second-order valence-electron chi connectivity index (χ2n) is 3.05. The standard InChI is InChI=1S/C8H8IN5OS/c1-5(14-3-6(9)2-11-14)7(15)12-8-13-10-4-16-8/h2-5H,1H3,(H,12,13,15). The zero-order chi connectivity index (χ0) is 11.5. The molecule has 1 unspecified atom stereocenters. The van der Waals surface area contributed by atoms with Gasteiger partial charge in [-0.25, -0.2) is 0 Å². The predicted octanol–water partition coefficient (Wildman–Crippen LogP) is 1.54. The molecule has 2 aromatic rings. The maximum atomic E-state index is 11.8. The summed E-state index contributed by atoms with van der Waals surface area (Å²) in [5, 5.41) is 14.6. The molecule has 0 radical (unpaired) electrons. The summed E-state index contributed by atoms with van der Waals surface area (Å²) in [6.07, 6.45) is 3.51. The van der Waals surface area contributed by atoms with Crippen molar-refractivity contribution in [3.63, 3.8) is 0 Å². The van der Waals surface area contributed by atoms with Gasteiger partial charge in [-0.2, -0.15) is 5.10 Å². The first-order valence-corrected chi connectivity index (χ1v) is 6.39. The van der Waals surface area contributed by atoms with Gasteiger partial charge in [0.05, 0.1) is 9.77 Å². The van der Waals surface area contributed by atoms with Crippen LogP contribution in [-0.2, 0) is 4.79 Å². The van der Waals surface area contributed by atoms with Gasteiger partial charge in [0.15, 0.2) is 0 Å². The lowest BCUT2D eigenvalue weighted by Crippen LogP contribution is -2.23. The highest BCUT2D eigenvalue weighted by Gasteiger charge is 2.16. The molecule has 0 aliphatic heterocycles. The number of rotatable bonds is 3. The van der Waals surface area contributed by atoms with E-state index in [2.05, 4.69) is 43.2 Å². The van der Waals surface area contributed by atoms with Crippen LogP contribution in [0.3, 0.4) is 0 Å². The fourth-order valence-corrected chi connectivity index (χ4v) is 1.94. The van der Waals surface area contributed by atoms with E-state index in [-0.39, 0.29) is 11.9 Å². The second-order valence-corrected chi connectivity index (χ2v) is 5.13. The number of hydrogen-bond acceptors (Lipinski definition) is 5. The Morgan fingerprint density at radius 2 is 2.50 bits per heavy atom. The molecule has 0 aromatic carbocycles. The van der Waals surface area contributed by atoms with Crippen LogP contribution in [0.2, 0.25) is 0 Å². The first-order chi connectivity index (χ1) is 7.66. The highest BCUT2D eigenvalue weighted by atomic mass is 127. The largest absolute Gasteiger partial charge is 0.299 e. The molecule has 2 rings (SSSR count). The van der Waals surface area contributed by atoms with Crippen LogP contribution < -0.4 is 5.32 Å². The third kappa shape index (κ3) is 2.55. The second kappa shape index (κ2) is 4.87. The topological polar surface area (TPSA) is 72.7 Å². The third-order valence-corrected chi connectivity index (χ3v) is 3.10. The van der Waals surface area contributed by atoms with Crippen molar-refractivity contribution in [1.29, 1.82) is 0 Å². The van der Waals surface area contributed by atoms with Crippen LogP contribution >= 0.6 is 33.9 Å². The third-order valence-electron chi connectivity index (χ3n) is 1.94. The minimum Gasteiger partial charge on any atom is -0.299 e. The van der Waals surface area contributed by atoms with Gasteiger partial charge in [0.2, 0.25) is 5.13 Å². The fraction of sp³-hybridized carbons (Fsp3) is 0.250. The van der Waals surface area contributed by atoms with Gasteiger partial charge < -0.3 is 0 Å². The molecule has 0 saturated heterocycles. The lowest BCUT2D eigenvalue weighted by Gasteiger charge is -2.10. The maximum Gasteiger partial charge on any atom is 0.250 e. The highest BCUT2D eigenvalue weighted by molar-refractivity contribution is 14.1. The van der Waals surface area contributed by atoms with Crippen molar-refractivity contribution in [2.75, 3.05) is 5.32 Å². The van der Waals surface area contributed by atoms with Gasteiger partial charge in [-0.1, -0.05) is 11.3 Å². The Morgan fingerprint density at radius 3 is 3.06 bits per heavy atom. The molecule has 1 atom stereocenters. The van der Waals surface area contributed by atoms with Gasteiger partial charge in [-0.05, 0) is 29.5 Å². The average molecular weight is 349 g/mol.